The van der Waals surface area contributed by atoms with E-state index >= 15 is 0 Å². The molecule has 0 aliphatic carbocycles. The van der Waals surface area contributed by atoms with Crippen LogP contribution in [0.25, 0.3) is 0 Å². The van der Waals surface area contributed by atoms with E-state index in [1.807, 2.05) is 0 Å². The third-order valence-corrected chi connectivity index (χ3v) is 10.7. The highest BCUT2D eigenvalue weighted by Crippen LogP contribution is 2.15. The highest BCUT2D eigenvalue weighted by atomic mass is 16.6. The number of unbranched alkanes of at least 4 members (excludes halogenated alkanes) is 29. The van der Waals surface area contributed by atoms with Crippen LogP contribution in [0.3, 0.4) is 0 Å². The SMILES string of the molecule is CCCCC/C=C\CCCCCCCC(=O)OC(COC(=O)CCCCC/C=C\CCCCCCCCC)COC(=O)CCCCCCCCCCCCCC. The summed E-state index contributed by atoms with van der Waals surface area (Å²) < 4.78 is 16.7. The largest absolute Gasteiger partial charge is 0.462 e. The summed E-state index contributed by atoms with van der Waals surface area (Å²) in [6, 6.07) is 0. The molecular weight excluding hydrogens is 697 g/mol. The summed E-state index contributed by atoms with van der Waals surface area (Å²) in [6.07, 6.45) is 50.1. The van der Waals surface area contributed by atoms with Crippen molar-refractivity contribution in [2.24, 2.45) is 0 Å². The van der Waals surface area contributed by atoms with E-state index in [-0.39, 0.29) is 31.1 Å². The molecule has 0 amide bonds. The average molecular weight is 789 g/mol. The number of carbonyl (C=O) groups excluding carboxylic acids is 3. The summed E-state index contributed by atoms with van der Waals surface area (Å²) in [4.78, 5) is 37.8. The molecule has 0 aromatic carbocycles. The first kappa shape index (κ1) is 53.9. The van der Waals surface area contributed by atoms with Gasteiger partial charge in [-0.3, -0.25) is 14.4 Å². The van der Waals surface area contributed by atoms with Gasteiger partial charge in [0.2, 0.25) is 0 Å². The lowest BCUT2D eigenvalue weighted by Gasteiger charge is -2.18. The Morgan fingerprint density at radius 3 is 0.946 bits per heavy atom. The van der Waals surface area contributed by atoms with Gasteiger partial charge in [-0.2, -0.15) is 0 Å². The number of ether oxygens (including phenoxy) is 3. The summed E-state index contributed by atoms with van der Waals surface area (Å²) >= 11 is 0. The predicted octanol–water partition coefficient (Wildman–Crippen LogP) is 15.6. The lowest BCUT2D eigenvalue weighted by atomic mass is 10.0. The molecule has 0 saturated heterocycles. The molecule has 6 nitrogen and oxygen atoms in total. The maximum Gasteiger partial charge on any atom is 0.306 e. The van der Waals surface area contributed by atoms with Gasteiger partial charge in [-0.25, -0.2) is 0 Å². The molecule has 0 fully saturated rings. The normalized spacial score (nSPS) is 12.1. The van der Waals surface area contributed by atoms with Crippen molar-refractivity contribution >= 4 is 17.9 Å². The zero-order chi connectivity index (χ0) is 40.8. The number of hydrogen-bond donors (Lipinski definition) is 0. The van der Waals surface area contributed by atoms with Crippen molar-refractivity contribution in [1.29, 1.82) is 0 Å². The smallest absolute Gasteiger partial charge is 0.306 e. The van der Waals surface area contributed by atoms with Gasteiger partial charge in [0, 0.05) is 19.3 Å². The van der Waals surface area contributed by atoms with Crippen molar-refractivity contribution < 1.29 is 28.6 Å². The molecule has 0 heterocycles. The van der Waals surface area contributed by atoms with E-state index in [1.165, 1.54) is 135 Å². The molecule has 1 atom stereocenters. The Morgan fingerprint density at radius 1 is 0.339 bits per heavy atom. The van der Waals surface area contributed by atoms with Crippen molar-refractivity contribution in [3.63, 3.8) is 0 Å². The first-order chi connectivity index (χ1) is 27.5. The van der Waals surface area contributed by atoms with Crippen LogP contribution < -0.4 is 0 Å². The molecule has 6 heteroatoms. The molecule has 0 spiro atoms. The van der Waals surface area contributed by atoms with E-state index in [1.54, 1.807) is 0 Å². The predicted molar refractivity (Wildman–Crippen MR) is 238 cm³/mol. The standard InChI is InChI=1S/C50H92O6/c1-4-7-10-13-16-19-22-25-26-29-31-34-37-40-43-49(52)55-46-47(56-50(53)44-41-38-35-32-28-24-21-18-15-12-9-6-3)45-54-48(51)42-39-36-33-30-27-23-20-17-14-11-8-5-2/h18,21,26,29,47H,4-17,19-20,22-25,27-28,30-46H2,1-3H3/b21-18-,29-26-. The summed E-state index contributed by atoms with van der Waals surface area (Å²) in [6.45, 7) is 6.60. The van der Waals surface area contributed by atoms with E-state index in [2.05, 4.69) is 45.1 Å². The first-order valence-electron chi connectivity index (χ1n) is 24.3. The van der Waals surface area contributed by atoms with Crippen LogP contribution in [0.5, 0.6) is 0 Å². The van der Waals surface area contributed by atoms with Crippen molar-refractivity contribution in [2.75, 3.05) is 13.2 Å². The number of allylic oxidation sites excluding steroid dienone is 4. The second kappa shape index (κ2) is 45.6. The third-order valence-electron chi connectivity index (χ3n) is 10.7. The monoisotopic (exact) mass is 789 g/mol. The fourth-order valence-corrected chi connectivity index (χ4v) is 6.96. The Bertz CT molecular complexity index is 911. The molecule has 0 aliphatic rings. The number of rotatable bonds is 44. The zero-order valence-electron chi connectivity index (χ0n) is 37.4. The van der Waals surface area contributed by atoms with Gasteiger partial charge < -0.3 is 14.2 Å². The van der Waals surface area contributed by atoms with Gasteiger partial charge in [0.1, 0.15) is 13.2 Å². The fraction of sp³-hybridized carbons (Fsp3) is 0.860. The lowest BCUT2D eigenvalue weighted by molar-refractivity contribution is -0.167. The second-order valence-corrected chi connectivity index (χ2v) is 16.4. The van der Waals surface area contributed by atoms with Crippen LogP contribution >= 0.6 is 0 Å². The van der Waals surface area contributed by atoms with Gasteiger partial charge in [0.15, 0.2) is 6.10 Å². The molecule has 328 valence electrons. The Morgan fingerprint density at radius 2 is 0.589 bits per heavy atom. The molecule has 0 aliphatic heterocycles. The van der Waals surface area contributed by atoms with Crippen molar-refractivity contribution in [3.8, 4) is 0 Å². The molecule has 56 heavy (non-hydrogen) atoms. The van der Waals surface area contributed by atoms with Crippen molar-refractivity contribution in [1.82, 2.24) is 0 Å². The molecule has 1 unspecified atom stereocenters. The number of esters is 3. The van der Waals surface area contributed by atoms with E-state index in [9.17, 15) is 14.4 Å². The van der Waals surface area contributed by atoms with Crippen LogP contribution in [-0.4, -0.2) is 37.2 Å². The van der Waals surface area contributed by atoms with Crippen LogP contribution in [0, 0.1) is 0 Å². The Hall–Kier alpha value is -2.11. The van der Waals surface area contributed by atoms with E-state index < -0.39 is 6.10 Å². The van der Waals surface area contributed by atoms with E-state index in [0.717, 1.165) is 83.5 Å². The molecule has 0 saturated carbocycles. The van der Waals surface area contributed by atoms with Crippen LogP contribution in [0.1, 0.15) is 258 Å². The second-order valence-electron chi connectivity index (χ2n) is 16.4. The van der Waals surface area contributed by atoms with Crippen LogP contribution in [-0.2, 0) is 28.6 Å². The van der Waals surface area contributed by atoms with E-state index in [0.29, 0.717) is 19.3 Å². The van der Waals surface area contributed by atoms with Gasteiger partial charge >= 0.3 is 17.9 Å². The van der Waals surface area contributed by atoms with Gasteiger partial charge in [-0.1, -0.05) is 193 Å². The van der Waals surface area contributed by atoms with Crippen LogP contribution in [0.4, 0.5) is 0 Å². The minimum Gasteiger partial charge on any atom is -0.462 e. The highest BCUT2D eigenvalue weighted by molar-refractivity contribution is 5.71. The summed E-state index contributed by atoms with van der Waals surface area (Å²) in [5.41, 5.74) is 0. The molecule has 0 aromatic rings. The molecule has 0 radical (unpaired) electrons. The Labute approximate surface area is 347 Å². The molecule has 0 bridgehead atoms. The molecule has 0 aromatic heterocycles. The van der Waals surface area contributed by atoms with Crippen LogP contribution in [0.2, 0.25) is 0 Å². The summed E-state index contributed by atoms with van der Waals surface area (Å²) in [7, 11) is 0. The van der Waals surface area contributed by atoms with Gasteiger partial charge in [0.25, 0.3) is 0 Å². The number of carbonyl (C=O) groups is 3. The topological polar surface area (TPSA) is 78.9 Å². The zero-order valence-corrected chi connectivity index (χ0v) is 37.4. The highest BCUT2D eigenvalue weighted by Gasteiger charge is 2.19. The number of hydrogen-bond acceptors (Lipinski definition) is 6. The third kappa shape index (κ3) is 43.0. The fourth-order valence-electron chi connectivity index (χ4n) is 6.96. The van der Waals surface area contributed by atoms with Gasteiger partial charge in [0.05, 0.1) is 0 Å². The molecular formula is C50H92O6. The van der Waals surface area contributed by atoms with Crippen LogP contribution in [0.15, 0.2) is 24.3 Å². The van der Waals surface area contributed by atoms with Gasteiger partial charge in [-0.05, 0) is 70.6 Å². The van der Waals surface area contributed by atoms with Crippen molar-refractivity contribution in [3.05, 3.63) is 24.3 Å². The molecule has 0 N–H and O–H groups in total. The van der Waals surface area contributed by atoms with Crippen molar-refractivity contribution in [2.45, 2.75) is 264 Å². The quantitative estimate of drug-likeness (QED) is 0.0265. The average Bonchev–Trinajstić information content (AvgIpc) is 3.19. The van der Waals surface area contributed by atoms with E-state index in [4.69, 9.17) is 14.2 Å². The minimum absolute atomic E-state index is 0.0761. The first-order valence-corrected chi connectivity index (χ1v) is 24.3. The minimum atomic E-state index is -0.775. The summed E-state index contributed by atoms with van der Waals surface area (Å²) in [5.74, 6) is -0.894. The lowest BCUT2D eigenvalue weighted by Crippen LogP contribution is -2.30. The Kier molecular flexibility index (Phi) is 43.9. The summed E-state index contributed by atoms with van der Waals surface area (Å²) in [5, 5.41) is 0. The molecule has 0 rings (SSSR count). The maximum atomic E-state index is 12.7. The van der Waals surface area contributed by atoms with Gasteiger partial charge in [-0.15, -0.1) is 0 Å². The maximum absolute atomic E-state index is 12.7. The Balaban J connectivity index is 4.38.